The molecule has 7 nitrogen and oxygen atoms in total. The molecule has 1 aromatic rings. The Bertz CT molecular complexity index is 655. The van der Waals surface area contributed by atoms with Gasteiger partial charge in [-0.05, 0) is 31.1 Å². The molecule has 0 bridgehead atoms. The van der Waals surface area contributed by atoms with Crippen LogP contribution in [0.5, 0.6) is 0 Å². The molecule has 2 saturated heterocycles. The fourth-order valence-corrected chi connectivity index (χ4v) is 2.69. The Morgan fingerprint density at radius 3 is 2.68 bits per heavy atom. The van der Waals surface area contributed by atoms with Gasteiger partial charge in [0.15, 0.2) is 0 Å². The van der Waals surface area contributed by atoms with Gasteiger partial charge in [-0.25, -0.2) is 9.69 Å². The minimum atomic E-state index is -0.544. The summed E-state index contributed by atoms with van der Waals surface area (Å²) in [6.07, 6.45) is 5.41. The first kappa shape index (κ1) is 14.4. The van der Waals surface area contributed by atoms with E-state index in [1.54, 1.807) is 11.0 Å². The number of carbonyl (C=O) groups excluding carboxylic acids is 3. The van der Waals surface area contributed by atoms with Crippen LogP contribution in [0.15, 0.2) is 24.0 Å². The maximum absolute atomic E-state index is 12.3. The summed E-state index contributed by atoms with van der Waals surface area (Å²) >= 11 is 0. The number of imide groups is 1. The van der Waals surface area contributed by atoms with Crippen molar-refractivity contribution in [2.75, 3.05) is 19.6 Å². The number of nitrogens with zero attached hydrogens (tertiary/aromatic N) is 3. The van der Waals surface area contributed by atoms with E-state index < -0.39 is 11.9 Å². The summed E-state index contributed by atoms with van der Waals surface area (Å²) in [7, 11) is 1.85. The van der Waals surface area contributed by atoms with Crippen LogP contribution in [0.25, 0.3) is 6.08 Å². The monoisotopic (exact) mass is 302 g/mol. The lowest BCUT2D eigenvalue weighted by Crippen LogP contribution is -2.42. The smallest absolute Gasteiger partial charge is 0.329 e. The number of aromatic nitrogens is 1. The molecule has 0 aliphatic carbocycles. The highest BCUT2D eigenvalue weighted by Gasteiger charge is 2.36. The van der Waals surface area contributed by atoms with Gasteiger partial charge in [-0.3, -0.25) is 9.59 Å². The van der Waals surface area contributed by atoms with Gasteiger partial charge < -0.3 is 14.8 Å². The Morgan fingerprint density at radius 2 is 2.05 bits per heavy atom. The molecule has 4 amide bonds. The third-order valence-corrected chi connectivity index (χ3v) is 3.99. The fraction of sp³-hybridized carbons (Fsp3) is 0.400. The molecule has 3 rings (SSSR count). The van der Waals surface area contributed by atoms with E-state index >= 15 is 0 Å². The van der Waals surface area contributed by atoms with Gasteiger partial charge in [-0.1, -0.05) is 0 Å². The van der Waals surface area contributed by atoms with E-state index in [0.717, 1.165) is 23.4 Å². The summed E-state index contributed by atoms with van der Waals surface area (Å²) in [5.41, 5.74) is 0.998. The Balaban J connectivity index is 1.73. The first-order valence-electron chi connectivity index (χ1n) is 7.30. The summed E-state index contributed by atoms with van der Waals surface area (Å²) in [6.45, 7) is 1.21. The van der Waals surface area contributed by atoms with Crippen molar-refractivity contribution in [1.29, 1.82) is 0 Å². The normalized spacial score (nSPS) is 20.1. The average molecular weight is 302 g/mol. The highest BCUT2D eigenvalue weighted by atomic mass is 16.2. The quantitative estimate of drug-likeness (QED) is 0.654. The number of amides is 4. The Kier molecular flexibility index (Phi) is 3.70. The average Bonchev–Trinajstić information content (AvgIpc) is 3.19. The van der Waals surface area contributed by atoms with Crippen molar-refractivity contribution < 1.29 is 14.4 Å². The lowest BCUT2D eigenvalue weighted by molar-refractivity contribution is -0.135. The SMILES string of the molecule is Cn1cccc1/C=C1/NC(=O)N(CC(=O)N2CCCC2)C1=O. The zero-order valence-electron chi connectivity index (χ0n) is 12.4. The van der Waals surface area contributed by atoms with Crippen molar-refractivity contribution >= 4 is 23.9 Å². The van der Waals surface area contributed by atoms with Crippen LogP contribution in [-0.4, -0.2) is 51.8 Å². The number of likely N-dealkylation sites (tertiary alicyclic amines) is 1. The van der Waals surface area contributed by atoms with E-state index in [1.807, 2.05) is 29.9 Å². The number of nitrogens with one attached hydrogen (secondary N) is 1. The Hall–Kier alpha value is -2.57. The Morgan fingerprint density at radius 1 is 1.32 bits per heavy atom. The molecule has 3 heterocycles. The number of aryl methyl sites for hydroxylation is 1. The lowest BCUT2D eigenvalue weighted by Gasteiger charge is -2.18. The van der Waals surface area contributed by atoms with Gasteiger partial charge in [-0.15, -0.1) is 0 Å². The summed E-state index contributed by atoms with van der Waals surface area (Å²) < 4.78 is 1.84. The molecule has 7 heteroatoms. The topological polar surface area (TPSA) is 74.7 Å². The van der Waals surface area contributed by atoms with Crippen LogP contribution in [-0.2, 0) is 16.6 Å². The minimum absolute atomic E-state index is 0.180. The molecule has 0 unspecified atom stereocenters. The molecule has 0 aromatic carbocycles. The summed E-state index contributed by atoms with van der Waals surface area (Å²) in [5, 5.41) is 2.53. The minimum Gasteiger partial charge on any atom is -0.351 e. The molecular formula is C15H18N4O3. The zero-order valence-corrected chi connectivity index (χ0v) is 12.4. The molecule has 2 fully saturated rings. The van der Waals surface area contributed by atoms with Gasteiger partial charge in [0.1, 0.15) is 12.2 Å². The first-order valence-corrected chi connectivity index (χ1v) is 7.30. The van der Waals surface area contributed by atoms with Crippen LogP contribution in [0.2, 0.25) is 0 Å². The van der Waals surface area contributed by atoms with Crippen LogP contribution < -0.4 is 5.32 Å². The molecule has 0 spiro atoms. The first-order chi connectivity index (χ1) is 10.6. The van der Waals surface area contributed by atoms with E-state index in [0.29, 0.717) is 13.1 Å². The molecule has 2 aliphatic rings. The van der Waals surface area contributed by atoms with Crippen LogP contribution in [0.4, 0.5) is 4.79 Å². The van der Waals surface area contributed by atoms with Crippen molar-refractivity contribution in [3.63, 3.8) is 0 Å². The number of rotatable bonds is 3. The number of hydrogen-bond donors (Lipinski definition) is 1. The molecule has 116 valence electrons. The van der Waals surface area contributed by atoms with Gasteiger partial charge in [0.2, 0.25) is 5.91 Å². The summed E-state index contributed by atoms with van der Waals surface area (Å²) in [6, 6.07) is 3.14. The zero-order chi connectivity index (χ0) is 15.7. The lowest BCUT2D eigenvalue weighted by atomic mass is 10.3. The van der Waals surface area contributed by atoms with Gasteiger partial charge in [0.05, 0.1) is 0 Å². The van der Waals surface area contributed by atoms with Crippen molar-refractivity contribution in [2.24, 2.45) is 7.05 Å². The van der Waals surface area contributed by atoms with Crippen LogP contribution in [0.1, 0.15) is 18.5 Å². The fourth-order valence-electron chi connectivity index (χ4n) is 2.69. The molecule has 0 atom stereocenters. The highest BCUT2D eigenvalue weighted by Crippen LogP contribution is 2.15. The maximum atomic E-state index is 12.3. The molecule has 1 aromatic heterocycles. The van der Waals surface area contributed by atoms with E-state index in [2.05, 4.69) is 5.32 Å². The van der Waals surface area contributed by atoms with Crippen LogP contribution in [0.3, 0.4) is 0 Å². The third kappa shape index (κ3) is 2.61. The highest BCUT2D eigenvalue weighted by molar-refractivity contribution is 6.15. The largest absolute Gasteiger partial charge is 0.351 e. The van der Waals surface area contributed by atoms with Crippen LogP contribution >= 0.6 is 0 Å². The maximum Gasteiger partial charge on any atom is 0.329 e. The molecule has 0 saturated carbocycles. The standard InChI is InChI=1S/C15H18N4O3/c1-17-6-4-5-11(17)9-12-14(21)19(15(22)16-12)10-13(20)18-7-2-3-8-18/h4-6,9H,2-3,7-8,10H2,1H3,(H,16,22)/b12-9+. The second kappa shape index (κ2) is 5.67. The van der Waals surface area contributed by atoms with Crippen molar-refractivity contribution in [2.45, 2.75) is 12.8 Å². The van der Waals surface area contributed by atoms with Gasteiger partial charge in [-0.2, -0.15) is 0 Å². The van der Waals surface area contributed by atoms with Gasteiger partial charge in [0, 0.05) is 32.0 Å². The molecule has 1 N–H and O–H groups in total. The molecule has 22 heavy (non-hydrogen) atoms. The van der Waals surface area contributed by atoms with Gasteiger partial charge >= 0.3 is 6.03 Å². The van der Waals surface area contributed by atoms with Crippen molar-refractivity contribution in [3.05, 3.63) is 29.7 Å². The predicted octanol–water partition coefficient (Wildman–Crippen LogP) is 0.540. The number of carbonyl (C=O) groups is 3. The van der Waals surface area contributed by atoms with E-state index in [-0.39, 0.29) is 18.1 Å². The third-order valence-electron chi connectivity index (χ3n) is 3.99. The van der Waals surface area contributed by atoms with Gasteiger partial charge in [0.25, 0.3) is 5.91 Å². The second-order valence-electron chi connectivity index (χ2n) is 5.51. The molecular weight excluding hydrogens is 284 g/mol. The summed E-state index contributed by atoms with van der Waals surface area (Å²) in [4.78, 5) is 39.0. The van der Waals surface area contributed by atoms with E-state index in [4.69, 9.17) is 0 Å². The van der Waals surface area contributed by atoms with Crippen LogP contribution in [0, 0.1) is 0 Å². The van der Waals surface area contributed by atoms with E-state index in [1.165, 1.54) is 0 Å². The number of urea groups is 1. The number of hydrogen-bond acceptors (Lipinski definition) is 3. The Labute approximate surface area is 128 Å². The predicted molar refractivity (Wildman–Crippen MR) is 79.4 cm³/mol. The van der Waals surface area contributed by atoms with Crippen molar-refractivity contribution in [1.82, 2.24) is 19.7 Å². The van der Waals surface area contributed by atoms with E-state index in [9.17, 15) is 14.4 Å². The van der Waals surface area contributed by atoms with Crippen molar-refractivity contribution in [3.8, 4) is 0 Å². The molecule has 0 radical (unpaired) electrons. The summed E-state index contributed by atoms with van der Waals surface area (Å²) in [5.74, 6) is -0.639. The molecule has 2 aliphatic heterocycles. The second-order valence-corrected chi connectivity index (χ2v) is 5.51.